The van der Waals surface area contributed by atoms with Gasteiger partial charge in [-0.1, -0.05) is 35.9 Å². The highest BCUT2D eigenvalue weighted by atomic mass is 35.5. The fourth-order valence-corrected chi connectivity index (χ4v) is 3.11. The molecule has 3 aromatic rings. The molecule has 0 N–H and O–H groups in total. The van der Waals surface area contributed by atoms with Crippen LogP contribution in [0.1, 0.15) is 5.56 Å². The van der Waals surface area contributed by atoms with Gasteiger partial charge in [0.25, 0.3) is 5.56 Å². The highest BCUT2D eigenvalue weighted by Gasteiger charge is 2.17. The molecule has 4 rings (SSSR count). The molecule has 0 aliphatic carbocycles. The number of anilines is 1. The number of fused-ring (bicyclic) bond motifs is 1. The molecule has 0 unspecified atom stereocenters. The van der Waals surface area contributed by atoms with Gasteiger partial charge in [0.15, 0.2) is 11.5 Å². The fourth-order valence-electron chi connectivity index (χ4n) is 2.84. The molecule has 0 atom stereocenters. The van der Waals surface area contributed by atoms with Crippen molar-refractivity contribution < 1.29 is 9.47 Å². The van der Waals surface area contributed by atoms with Crippen molar-refractivity contribution in [2.24, 2.45) is 0 Å². The van der Waals surface area contributed by atoms with E-state index in [0.717, 1.165) is 17.1 Å². The van der Waals surface area contributed by atoms with Gasteiger partial charge in [-0.05, 0) is 29.8 Å². The first-order chi connectivity index (χ1) is 12.6. The van der Waals surface area contributed by atoms with E-state index < -0.39 is 0 Å². The Morgan fingerprint density at radius 3 is 2.73 bits per heavy atom. The first kappa shape index (κ1) is 16.5. The Balaban J connectivity index is 1.61. The Morgan fingerprint density at radius 1 is 1.15 bits per heavy atom. The van der Waals surface area contributed by atoms with Crippen LogP contribution in [0.3, 0.4) is 0 Å². The Bertz CT molecular complexity index is 1000. The maximum atomic E-state index is 12.6. The number of hydrogen-bond acceptors (Lipinski definition) is 5. The van der Waals surface area contributed by atoms with Gasteiger partial charge < -0.3 is 14.4 Å². The Hall–Kier alpha value is -2.99. The number of para-hydroxylation sites is 1. The Morgan fingerprint density at radius 2 is 1.92 bits per heavy atom. The maximum Gasteiger partial charge on any atom is 0.292 e. The smallest absolute Gasteiger partial charge is 0.292 e. The Kier molecular flexibility index (Phi) is 4.26. The minimum atomic E-state index is -0.354. The highest BCUT2D eigenvalue weighted by Crippen LogP contribution is 2.33. The van der Waals surface area contributed by atoms with Gasteiger partial charge in [-0.15, -0.1) is 0 Å². The van der Waals surface area contributed by atoms with E-state index in [1.807, 2.05) is 48.3 Å². The maximum absolute atomic E-state index is 12.6. The SMILES string of the molecule is CN(Cc1ccc2c(c1)OCO2)c1cnn(-c2ccccc2)c(=O)c1Cl. The summed E-state index contributed by atoms with van der Waals surface area (Å²) in [5, 5.41) is 4.39. The van der Waals surface area contributed by atoms with Gasteiger partial charge in [0.1, 0.15) is 5.02 Å². The third kappa shape index (κ3) is 2.99. The molecule has 0 spiro atoms. The van der Waals surface area contributed by atoms with Crippen LogP contribution in [-0.4, -0.2) is 23.6 Å². The van der Waals surface area contributed by atoms with E-state index in [0.29, 0.717) is 17.9 Å². The van der Waals surface area contributed by atoms with Gasteiger partial charge >= 0.3 is 0 Å². The number of benzene rings is 2. The monoisotopic (exact) mass is 369 g/mol. The summed E-state index contributed by atoms with van der Waals surface area (Å²) in [6, 6.07) is 14.9. The molecular weight excluding hydrogens is 354 g/mol. The minimum absolute atomic E-state index is 0.132. The first-order valence-electron chi connectivity index (χ1n) is 8.06. The average molecular weight is 370 g/mol. The second-order valence-electron chi connectivity index (χ2n) is 5.94. The van der Waals surface area contributed by atoms with Crippen molar-refractivity contribution in [3.63, 3.8) is 0 Å². The molecule has 0 radical (unpaired) electrons. The summed E-state index contributed by atoms with van der Waals surface area (Å²) >= 11 is 6.34. The summed E-state index contributed by atoms with van der Waals surface area (Å²) in [6.45, 7) is 0.787. The van der Waals surface area contributed by atoms with E-state index in [1.165, 1.54) is 4.68 Å². The molecule has 132 valence electrons. The lowest BCUT2D eigenvalue weighted by atomic mass is 10.2. The molecule has 0 fully saturated rings. The zero-order valence-electron chi connectivity index (χ0n) is 14.1. The summed E-state index contributed by atoms with van der Waals surface area (Å²) < 4.78 is 12.0. The fraction of sp³-hybridized carbons (Fsp3) is 0.158. The topological polar surface area (TPSA) is 56.6 Å². The molecule has 2 heterocycles. The van der Waals surface area contributed by atoms with Gasteiger partial charge in [-0.3, -0.25) is 4.79 Å². The van der Waals surface area contributed by atoms with E-state index in [9.17, 15) is 4.79 Å². The lowest BCUT2D eigenvalue weighted by molar-refractivity contribution is 0.174. The van der Waals surface area contributed by atoms with E-state index in [4.69, 9.17) is 21.1 Å². The van der Waals surface area contributed by atoms with Crippen LogP contribution in [0.2, 0.25) is 5.02 Å². The second kappa shape index (κ2) is 6.72. The number of ether oxygens (including phenoxy) is 2. The summed E-state index contributed by atoms with van der Waals surface area (Å²) in [5.41, 5.74) is 1.90. The van der Waals surface area contributed by atoms with Gasteiger partial charge in [0.05, 0.1) is 17.6 Å². The molecule has 0 amide bonds. The highest BCUT2D eigenvalue weighted by molar-refractivity contribution is 6.33. The summed E-state index contributed by atoms with van der Waals surface area (Å²) in [7, 11) is 1.86. The van der Waals surface area contributed by atoms with Crippen molar-refractivity contribution in [2.75, 3.05) is 18.7 Å². The first-order valence-corrected chi connectivity index (χ1v) is 8.44. The normalized spacial score (nSPS) is 12.2. The van der Waals surface area contributed by atoms with Crippen molar-refractivity contribution in [3.8, 4) is 17.2 Å². The molecule has 6 nitrogen and oxygen atoms in total. The standard InChI is InChI=1S/C19H16ClN3O3/c1-22(11-13-7-8-16-17(9-13)26-12-25-16)15-10-21-23(19(24)18(15)20)14-5-3-2-4-6-14/h2-10H,11-12H2,1H3. The predicted molar refractivity (Wildman–Crippen MR) is 99.5 cm³/mol. The second-order valence-corrected chi connectivity index (χ2v) is 6.32. The molecule has 7 heteroatoms. The summed E-state index contributed by atoms with van der Waals surface area (Å²) in [6.07, 6.45) is 1.60. The Labute approximate surface area is 155 Å². The van der Waals surface area contributed by atoms with Gasteiger partial charge in [-0.2, -0.15) is 9.78 Å². The largest absolute Gasteiger partial charge is 0.454 e. The number of halogens is 1. The average Bonchev–Trinajstić information content (AvgIpc) is 3.12. The number of nitrogens with zero attached hydrogens (tertiary/aromatic N) is 3. The van der Waals surface area contributed by atoms with Crippen LogP contribution >= 0.6 is 11.6 Å². The zero-order chi connectivity index (χ0) is 18.1. The van der Waals surface area contributed by atoms with E-state index in [1.54, 1.807) is 18.3 Å². The van der Waals surface area contributed by atoms with Crippen LogP contribution in [-0.2, 0) is 6.54 Å². The molecule has 26 heavy (non-hydrogen) atoms. The van der Waals surface area contributed by atoms with E-state index in [-0.39, 0.29) is 17.4 Å². The van der Waals surface area contributed by atoms with Crippen molar-refractivity contribution in [2.45, 2.75) is 6.54 Å². The van der Waals surface area contributed by atoms with Crippen LogP contribution in [0, 0.1) is 0 Å². The molecular formula is C19H16ClN3O3. The van der Waals surface area contributed by atoms with Crippen LogP contribution in [0.5, 0.6) is 11.5 Å². The summed E-state index contributed by atoms with van der Waals surface area (Å²) in [5.74, 6) is 1.46. The summed E-state index contributed by atoms with van der Waals surface area (Å²) in [4.78, 5) is 14.5. The number of rotatable bonds is 4. The molecule has 2 aromatic carbocycles. The molecule has 1 aliphatic rings. The van der Waals surface area contributed by atoms with Crippen molar-refractivity contribution in [1.82, 2.24) is 9.78 Å². The van der Waals surface area contributed by atoms with E-state index >= 15 is 0 Å². The van der Waals surface area contributed by atoms with Crippen molar-refractivity contribution in [1.29, 1.82) is 0 Å². The van der Waals surface area contributed by atoms with Crippen molar-refractivity contribution >= 4 is 17.3 Å². The van der Waals surface area contributed by atoms with Crippen LogP contribution < -0.4 is 19.9 Å². The predicted octanol–water partition coefficient (Wildman–Crippen LogP) is 3.25. The molecule has 1 aromatic heterocycles. The van der Waals surface area contributed by atoms with Gasteiger partial charge in [0, 0.05) is 13.6 Å². The van der Waals surface area contributed by atoms with Crippen molar-refractivity contribution in [3.05, 3.63) is 75.7 Å². The molecule has 0 bridgehead atoms. The third-order valence-electron chi connectivity index (χ3n) is 4.17. The number of aromatic nitrogens is 2. The third-order valence-corrected chi connectivity index (χ3v) is 4.52. The molecule has 0 saturated carbocycles. The van der Waals surface area contributed by atoms with Crippen LogP contribution in [0.4, 0.5) is 5.69 Å². The van der Waals surface area contributed by atoms with E-state index in [2.05, 4.69) is 5.10 Å². The van der Waals surface area contributed by atoms with Crippen LogP contribution in [0.25, 0.3) is 5.69 Å². The lowest BCUT2D eigenvalue weighted by Crippen LogP contribution is -2.26. The lowest BCUT2D eigenvalue weighted by Gasteiger charge is -2.20. The number of hydrogen-bond donors (Lipinski definition) is 0. The van der Waals surface area contributed by atoms with Crippen LogP contribution in [0.15, 0.2) is 59.5 Å². The minimum Gasteiger partial charge on any atom is -0.454 e. The molecule has 1 aliphatic heterocycles. The van der Waals surface area contributed by atoms with Gasteiger partial charge in [-0.25, -0.2) is 0 Å². The molecule has 0 saturated heterocycles. The quantitative estimate of drug-likeness (QED) is 0.706. The van der Waals surface area contributed by atoms with Gasteiger partial charge in [0.2, 0.25) is 6.79 Å². The zero-order valence-corrected chi connectivity index (χ0v) is 14.8.